The molecular weight excluding hydrogens is 308 g/mol. The van der Waals surface area contributed by atoms with E-state index in [1.807, 2.05) is 30.3 Å². The molecule has 0 aliphatic carbocycles. The summed E-state index contributed by atoms with van der Waals surface area (Å²) in [5.74, 6) is 0.123. The van der Waals surface area contributed by atoms with Gasteiger partial charge in [-0.3, -0.25) is 14.9 Å². The first kappa shape index (κ1) is 15.5. The number of rotatable bonds is 4. The number of nitrogens with zero attached hydrogens (tertiary/aromatic N) is 3. The minimum atomic E-state index is -0.535. The SMILES string of the molecule is N#Cc1cc([N+](=O)[O-])ccc1Nc1ccc(N2CCCC2=O)cc1. The van der Waals surface area contributed by atoms with Gasteiger partial charge in [-0.25, -0.2) is 0 Å². The summed E-state index contributed by atoms with van der Waals surface area (Å²) in [5, 5.41) is 23.0. The van der Waals surface area contributed by atoms with Gasteiger partial charge in [-0.2, -0.15) is 5.26 Å². The third kappa shape index (κ3) is 3.03. The topological polar surface area (TPSA) is 99.3 Å². The number of hydrogen-bond donors (Lipinski definition) is 1. The van der Waals surface area contributed by atoms with Gasteiger partial charge in [-0.1, -0.05) is 0 Å². The van der Waals surface area contributed by atoms with E-state index in [9.17, 15) is 14.9 Å². The smallest absolute Gasteiger partial charge is 0.270 e. The van der Waals surface area contributed by atoms with E-state index in [4.69, 9.17) is 5.26 Å². The molecule has 0 saturated carbocycles. The van der Waals surface area contributed by atoms with E-state index in [1.54, 1.807) is 4.90 Å². The van der Waals surface area contributed by atoms with Crippen LogP contribution >= 0.6 is 0 Å². The van der Waals surface area contributed by atoms with E-state index in [1.165, 1.54) is 18.2 Å². The largest absolute Gasteiger partial charge is 0.354 e. The number of amides is 1. The van der Waals surface area contributed by atoms with Gasteiger partial charge in [0.1, 0.15) is 6.07 Å². The summed E-state index contributed by atoms with van der Waals surface area (Å²) < 4.78 is 0. The van der Waals surface area contributed by atoms with Crippen LogP contribution in [-0.2, 0) is 4.79 Å². The average molecular weight is 322 g/mol. The number of non-ortho nitro benzene ring substituents is 1. The van der Waals surface area contributed by atoms with Crippen molar-refractivity contribution in [2.45, 2.75) is 12.8 Å². The minimum Gasteiger partial charge on any atom is -0.354 e. The van der Waals surface area contributed by atoms with E-state index < -0.39 is 4.92 Å². The van der Waals surface area contributed by atoms with Gasteiger partial charge in [0.15, 0.2) is 0 Å². The molecule has 3 rings (SSSR count). The van der Waals surface area contributed by atoms with Gasteiger partial charge >= 0.3 is 0 Å². The maximum absolute atomic E-state index is 11.7. The van der Waals surface area contributed by atoms with Gasteiger partial charge in [0, 0.05) is 36.5 Å². The quantitative estimate of drug-likeness (QED) is 0.687. The summed E-state index contributed by atoms with van der Waals surface area (Å²) in [5.41, 5.74) is 2.14. The monoisotopic (exact) mass is 322 g/mol. The molecule has 1 aliphatic heterocycles. The number of benzene rings is 2. The molecule has 1 amide bonds. The van der Waals surface area contributed by atoms with Gasteiger partial charge in [0.05, 0.1) is 16.2 Å². The highest BCUT2D eigenvalue weighted by molar-refractivity contribution is 5.95. The molecule has 0 aromatic heterocycles. The van der Waals surface area contributed by atoms with Crippen molar-refractivity contribution < 1.29 is 9.72 Å². The molecule has 0 unspecified atom stereocenters. The fraction of sp³-hybridized carbons (Fsp3) is 0.176. The second-order valence-corrected chi connectivity index (χ2v) is 5.42. The number of nitrogens with one attached hydrogen (secondary N) is 1. The summed E-state index contributed by atoms with van der Waals surface area (Å²) in [4.78, 5) is 23.7. The van der Waals surface area contributed by atoms with Crippen LogP contribution in [0.3, 0.4) is 0 Å². The van der Waals surface area contributed by atoms with Crippen LogP contribution in [0.5, 0.6) is 0 Å². The van der Waals surface area contributed by atoms with Crippen molar-refractivity contribution in [1.29, 1.82) is 5.26 Å². The molecule has 1 fully saturated rings. The molecule has 2 aromatic rings. The Hall–Kier alpha value is -3.40. The van der Waals surface area contributed by atoms with Crippen molar-refractivity contribution in [2.24, 2.45) is 0 Å². The Morgan fingerprint density at radius 1 is 1.21 bits per heavy atom. The molecule has 1 N–H and O–H groups in total. The van der Waals surface area contributed by atoms with Gasteiger partial charge < -0.3 is 10.2 Å². The second kappa shape index (κ2) is 6.38. The average Bonchev–Trinajstić information content (AvgIpc) is 3.02. The molecule has 7 nitrogen and oxygen atoms in total. The minimum absolute atomic E-state index is 0.123. The Morgan fingerprint density at radius 2 is 1.96 bits per heavy atom. The summed E-state index contributed by atoms with van der Waals surface area (Å²) in [6, 6.07) is 13.3. The number of nitro benzene ring substituents is 1. The predicted molar refractivity (Wildman–Crippen MR) is 89.1 cm³/mol. The van der Waals surface area contributed by atoms with Crippen molar-refractivity contribution in [3.8, 4) is 6.07 Å². The molecule has 0 spiro atoms. The lowest BCUT2D eigenvalue weighted by atomic mass is 10.1. The van der Waals surface area contributed by atoms with E-state index in [0.717, 1.165) is 24.3 Å². The Morgan fingerprint density at radius 3 is 2.54 bits per heavy atom. The zero-order valence-electron chi connectivity index (χ0n) is 12.7. The number of anilines is 3. The maximum atomic E-state index is 11.7. The third-order valence-electron chi connectivity index (χ3n) is 3.87. The molecular formula is C17H14N4O3. The normalized spacial score (nSPS) is 13.6. The van der Waals surface area contributed by atoms with Crippen molar-refractivity contribution in [3.63, 3.8) is 0 Å². The first-order valence-corrected chi connectivity index (χ1v) is 7.44. The third-order valence-corrected chi connectivity index (χ3v) is 3.87. The molecule has 24 heavy (non-hydrogen) atoms. The molecule has 0 atom stereocenters. The van der Waals surface area contributed by atoms with Crippen molar-refractivity contribution in [1.82, 2.24) is 0 Å². The Bertz CT molecular complexity index is 840. The van der Waals surface area contributed by atoms with Gasteiger partial charge in [-0.05, 0) is 36.8 Å². The van der Waals surface area contributed by atoms with Crippen molar-refractivity contribution >= 4 is 28.7 Å². The first-order chi connectivity index (χ1) is 11.6. The number of carbonyl (C=O) groups excluding carboxylic acids is 1. The zero-order valence-corrected chi connectivity index (χ0v) is 12.7. The lowest BCUT2D eigenvalue weighted by Gasteiger charge is -2.16. The van der Waals surface area contributed by atoms with Crippen LogP contribution in [0.15, 0.2) is 42.5 Å². The number of carbonyl (C=O) groups is 1. The van der Waals surface area contributed by atoms with Gasteiger partial charge in [-0.15, -0.1) is 0 Å². The fourth-order valence-electron chi connectivity index (χ4n) is 2.65. The van der Waals surface area contributed by atoms with Gasteiger partial charge in [0.25, 0.3) is 5.69 Å². The predicted octanol–water partition coefficient (Wildman–Crippen LogP) is 3.34. The Balaban J connectivity index is 1.80. The number of hydrogen-bond acceptors (Lipinski definition) is 5. The molecule has 7 heteroatoms. The standard InChI is InChI=1S/C17H14N4O3/c18-11-12-10-15(21(23)24)7-8-16(12)19-13-3-5-14(6-4-13)20-9-1-2-17(20)22/h3-8,10,19H,1-2,9H2. The number of nitriles is 1. The lowest BCUT2D eigenvalue weighted by molar-refractivity contribution is -0.384. The summed E-state index contributed by atoms with van der Waals surface area (Å²) >= 11 is 0. The first-order valence-electron chi connectivity index (χ1n) is 7.44. The Kier molecular flexibility index (Phi) is 4.12. The highest BCUT2D eigenvalue weighted by Crippen LogP contribution is 2.27. The number of nitro groups is 1. The van der Waals surface area contributed by atoms with E-state index >= 15 is 0 Å². The van der Waals surface area contributed by atoms with E-state index in [2.05, 4.69) is 5.32 Å². The summed E-state index contributed by atoms with van der Waals surface area (Å²) in [6.07, 6.45) is 1.45. The second-order valence-electron chi connectivity index (χ2n) is 5.42. The molecule has 0 bridgehead atoms. The van der Waals surface area contributed by atoms with Crippen LogP contribution in [0.4, 0.5) is 22.7 Å². The molecule has 120 valence electrons. The Labute approximate surface area is 138 Å². The molecule has 1 aliphatic rings. The molecule has 1 saturated heterocycles. The lowest BCUT2D eigenvalue weighted by Crippen LogP contribution is -2.23. The van der Waals surface area contributed by atoms with E-state index in [0.29, 0.717) is 12.1 Å². The van der Waals surface area contributed by atoms with Crippen LogP contribution in [0.1, 0.15) is 18.4 Å². The highest BCUT2D eigenvalue weighted by atomic mass is 16.6. The van der Waals surface area contributed by atoms with Crippen molar-refractivity contribution in [3.05, 3.63) is 58.1 Å². The summed E-state index contributed by atoms with van der Waals surface area (Å²) in [6.45, 7) is 0.729. The van der Waals surface area contributed by atoms with Crippen LogP contribution in [0.2, 0.25) is 0 Å². The zero-order chi connectivity index (χ0) is 17.1. The molecule has 1 heterocycles. The highest BCUT2D eigenvalue weighted by Gasteiger charge is 2.21. The van der Waals surface area contributed by atoms with Crippen LogP contribution in [0, 0.1) is 21.4 Å². The van der Waals surface area contributed by atoms with Crippen LogP contribution in [-0.4, -0.2) is 17.4 Å². The maximum Gasteiger partial charge on any atom is 0.270 e. The van der Waals surface area contributed by atoms with Gasteiger partial charge in [0.2, 0.25) is 5.91 Å². The molecule has 0 radical (unpaired) electrons. The van der Waals surface area contributed by atoms with Crippen LogP contribution < -0.4 is 10.2 Å². The van der Waals surface area contributed by atoms with Crippen LogP contribution in [0.25, 0.3) is 0 Å². The van der Waals surface area contributed by atoms with Crippen molar-refractivity contribution in [2.75, 3.05) is 16.8 Å². The molecule has 2 aromatic carbocycles. The van der Waals surface area contributed by atoms with E-state index in [-0.39, 0.29) is 17.2 Å². The fourth-order valence-corrected chi connectivity index (χ4v) is 2.65. The summed E-state index contributed by atoms with van der Waals surface area (Å²) in [7, 11) is 0.